The van der Waals surface area contributed by atoms with Crippen LogP contribution in [0.2, 0.25) is 0 Å². The summed E-state index contributed by atoms with van der Waals surface area (Å²) in [5.41, 5.74) is 2.03. The van der Waals surface area contributed by atoms with Crippen molar-refractivity contribution in [2.45, 2.75) is 38.9 Å². The molecule has 2 unspecified atom stereocenters. The van der Waals surface area contributed by atoms with Gasteiger partial charge in [0.05, 0.1) is 19.5 Å². The van der Waals surface area contributed by atoms with Gasteiger partial charge in [-0.05, 0) is 64.1 Å². The van der Waals surface area contributed by atoms with E-state index in [1.165, 1.54) is 22.7 Å². The number of hydrogen-bond acceptors (Lipinski definition) is 14. The molecule has 2 atom stereocenters. The first-order chi connectivity index (χ1) is 24.0. The third-order valence-electron chi connectivity index (χ3n) is 8.47. The van der Waals surface area contributed by atoms with Crippen LogP contribution < -0.4 is 0 Å². The summed E-state index contributed by atoms with van der Waals surface area (Å²) in [5.74, 6) is 1.70. The van der Waals surface area contributed by atoms with Crippen molar-refractivity contribution in [2.75, 3.05) is 0 Å². The number of allylic oxidation sites excluding steroid dienone is 6. The number of aromatic nitrogens is 2. The lowest BCUT2D eigenvalue weighted by atomic mass is 9.77. The van der Waals surface area contributed by atoms with Crippen LogP contribution in [0.4, 0.5) is 10.0 Å². The van der Waals surface area contributed by atoms with Gasteiger partial charge in [-0.15, -0.1) is 45.3 Å². The highest BCUT2D eigenvalue weighted by Gasteiger charge is 2.44. The van der Waals surface area contributed by atoms with Gasteiger partial charge in [0.2, 0.25) is 11.4 Å². The lowest BCUT2D eigenvalue weighted by molar-refractivity contribution is 0.0280. The molecule has 4 aliphatic rings. The number of nitriles is 4. The van der Waals surface area contributed by atoms with Gasteiger partial charge in [-0.25, -0.2) is 20.0 Å². The Morgan fingerprint density at radius 3 is 1.40 bits per heavy atom. The van der Waals surface area contributed by atoms with Gasteiger partial charge in [0, 0.05) is 23.0 Å². The first-order valence-corrected chi connectivity index (χ1v) is 18.5. The predicted octanol–water partition coefficient (Wildman–Crippen LogP) is 9.32. The van der Waals surface area contributed by atoms with E-state index < -0.39 is 11.2 Å². The summed E-state index contributed by atoms with van der Waals surface area (Å²) in [5, 5.41) is 39.3. The van der Waals surface area contributed by atoms with Gasteiger partial charge in [0.25, 0.3) is 0 Å². The molecule has 0 saturated carbocycles. The quantitative estimate of drug-likeness (QED) is 0.188. The number of ether oxygens (including phenoxy) is 2. The predicted molar refractivity (Wildman–Crippen MR) is 195 cm³/mol. The maximum atomic E-state index is 9.11. The van der Waals surface area contributed by atoms with Crippen LogP contribution in [0.25, 0.3) is 30.9 Å². The van der Waals surface area contributed by atoms with Gasteiger partial charge in [0.15, 0.2) is 0 Å². The van der Waals surface area contributed by atoms with E-state index >= 15 is 0 Å². The zero-order valence-corrected chi connectivity index (χ0v) is 30.1. The number of fused-ring (bicyclic) bond motifs is 7. The Labute approximate surface area is 302 Å². The summed E-state index contributed by atoms with van der Waals surface area (Å²) >= 11 is 5.97. The maximum absolute atomic E-state index is 9.11. The van der Waals surface area contributed by atoms with Crippen molar-refractivity contribution in [3.8, 4) is 44.0 Å². The molecular formula is C36H22N8O2S4. The highest BCUT2D eigenvalue weighted by atomic mass is 32.1. The summed E-state index contributed by atoms with van der Waals surface area (Å²) in [4.78, 5) is 22.3. The zero-order chi connectivity index (χ0) is 34.9. The molecule has 4 aromatic rings. The molecule has 2 aliphatic heterocycles. The third kappa shape index (κ3) is 5.22. The van der Waals surface area contributed by atoms with Gasteiger partial charge in [-0.2, -0.15) is 21.0 Å². The number of hydrogen-bond donors (Lipinski definition) is 0. The molecule has 2 aliphatic carbocycles. The molecule has 10 nitrogen and oxygen atoms in total. The van der Waals surface area contributed by atoms with Crippen LogP contribution >= 0.6 is 45.3 Å². The van der Waals surface area contributed by atoms with Crippen molar-refractivity contribution in [3.63, 3.8) is 0 Å². The fourth-order valence-electron chi connectivity index (χ4n) is 6.23. The van der Waals surface area contributed by atoms with Crippen molar-refractivity contribution in [1.82, 2.24) is 9.97 Å². The second kappa shape index (κ2) is 11.6. The second-order valence-corrected chi connectivity index (χ2v) is 16.8. The molecule has 50 heavy (non-hydrogen) atoms. The molecular weight excluding hydrogens is 705 g/mol. The number of thiophene rings is 2. The van der Waals surface area contributed by atoms with Crippen molar-refractivity contribution < 1.29 is 9.47 Å². The van der Waals surface area contributed by atoms with Crippen molar-refractivity contribution in [1.29, 1.82) is 21.0 Å². The molecule has 0 spiro atoms. The van der Waals surface area contributed by atoms with Crippen LogP contribution in [0.1, 0.15) is 48.8 Å². The van der Waals surface area contributed by atoms with Gasteiger partial charge in [0.1, 0.15) is 78.4 Å². The minimum Gasteiger partial charge on any atom is -0.481 e. The number of nitrogens with zero attached hydrogens (tertiary/aromatic N) is 8. The molecule has 6 heterocycles. The first-order valence-electron chi connectivity index (χ1n) is 15.3. The molecule has 0 N–H and O–H groups in total. The fourth-order valence-corrected chi connectivity index (χ4v) is 10.6. The molecule has 14 heteroatoms. The zero-order valence-electron chi connectivity index (χ0n) is 26.8. The molecule has 4 aromatic heterocycles. The van der Waals surface area contributed by atoms with E-state index in [0.29, 0.717) is 10.0 Å². The Morgan fingerprint density at radius 1 is 0.620 bits per heavy atom. The minimum atomic E-state index is -0.668. The van der Waals surface area contributed by atoms with E-state index in [9.17, 15) is 0 Å². The van der Waals surface area contributed by atoms with Crippen molar-refractivity contribution in [3.05, 3.63) is 81.2 Å². The first kappa shape index (κ1) is 31.8. The van der Waals surface area contributed by atoms with Crippen LogP contribution in [0, 0.1) is 57.2 Å². The number of aliphatic imine (C=N–C) groups is 2. The highest BCUT2D eigenvalue weighted by Crippen LogP contribution is 2.55. The van der Waals surface area contributed by atoms with Crippen LogP contribution in [-0.4, -0.2) is 21.4 Å². The topological polar surface area (TPSA) is 164 Å². The average Bonchev–Trinajstić information content (AvgIpc) is 3.90. The van der Waals surface area contributed by atoms with E-state index in [-0.39, 0.29) is 23.3 Å². The molecule has 0 saturated heterocycles. The molecule has 8 rings (SSSR count). The van der Waals surface area contributed by atoms with E-state index in [1.54, 1.807) is 34.8 Å². The van der Waals surface area contributed by atoms with Gasteiger partial charge >= 0.3 is 0 Å². The molecule has 0 radical (unpaired) electrons. The molecule has 0 aromatic carbocycles. The Hall–Kier alpha value is -5.48. The van der Waals surface area contributed by atoms with E-state index in [2.05, 4.69) is 34.3 Å². The molecule has 0 bridgehead atoms. The van der Waals surface area contributed by atoms with Gasteiger partial charge in [-0.1, -0.05) is 12.2 Å². The maximum Gasteiger partial charge on any atom is 0.219 e. The van der Waals surface area contributed by atoms with Crippen LogP contribution in [0.15, 0.2) is 70.1 Å². The summed E-state index contributed by atoms with van der Waals surface area (Å²) in [6.07, 6.45) is 8.89. The summed E-state index contributed by atoms with van der Waals surface area (Å²) in [6, 6.07) is 14.7. The van der Waals surface area contributed by atoms with E-state index in [4.69, 9.17) is 40.5 Å². The monoisotopic (exact) mass is 726 g/mol. The molecule has 242 valence electrons. The molecule has 0 amide bonds. The third-order valence-corrected chi connectivity index (χ3v) is 12.9. The Bertz CT molecular complexity index is 2310. The Balaban J connectivity index is 1.14. The van der Waals surface area contributed by atoms with Gasteiger partial charge < -0.3 is 9.47 Å². The summed E-state index contributed by atoms with van der Waals surface area (Å²) < 4.78 is 13.3. The summed E-state index contributed by atoms with van der Waals surface area (Å²) in [7, 11) is 0. The lowest BCUT2D eigenvalue weighted by Crippen LogP contribution is -2.32. The molecule has 0 fully saturated rings. The standard InChI is InChI=1S/C36H22N8O2S4/c1-35(2)31-29(49-33(43-31)25-5-7-27(47-25)41-19(13-37)14-38)21-9-18-12-24-22(10-17(18)11-23(21)45-35)30-32(36(3,4)46-24)44-34(50-30)26-6-8-28(48-26)42-20(15-39)16-40/h5-12,17-18H,1-4H3. The minimum absolute atomic E-state index is 0.0331. The van der Waals surface area contributed by atoms with Crippen molar-refractivity contribution in [2.24, 2.45) is 21.8 Å². The van der Waals surface area contributed by atoms with Crippen LogP contribution in [0.5, 0.6) is 0 Å². The average molecular weight is 727 g/mol. The number of thiazole rings is 2. The number of rotatable bonds is 4. The smallest absolute Gasteiger partial charge is 0.219 e. The van der Waals surface area contributed by atoms with E-state index in [1.807, 2.05) is 64.1 Å². The fraction of sp³-hybridized carbons (Fsp3) is 0.222. The van der Waals surface area contributed by atoms with E-state index in [0.717, 1.165) is 63.6 Å². The van der Waals surface area contributed by atoms with Crippen LogP contribution in [0.3, 0.4) is 0 Å². The SMILES string of the molecule is CC1(C)OC2=CC3C=C4C(=CC3C=C2c2sc(-c3ccc(N=C(C#N)C#N)s3)nc21)OC(C)(C)c1nc(-c2ccc(N=C(C#N)C#N)s2)sc14. The lowest BCUT2D eigenvalue weighted by Gasteiger charge is -2.40. The second-order valence-electron chi connectivity index (χ2n) is 12.6. The Morgan fingerprint density at radius 2 is 1.02 bits per heavy atom. The Kier molecular flexibility index (Phi) is 7.34. The summed E-state index contributed by atoms with van der Waals surface area (Å²) in [6.45, 7) is 8.10. The highest BCUT2D eigenvalue weighted by molar-refractivity contribution is 7.25. The van der Waals surface area contributed by atoms with Gasteiger partial charge in [-0.3, -0.25) is 0 Å². The largest absolute Gasteiger partial charge is 0.481 e. The normalized spacial score (nSPS) is 19.8. The van der Waals surface area contributed by atoms with Crippen molar-refractivity contribution >= 4 is 77.9 Å². The van der Waals surface area contributed by atoms with Crippen LogP contribution in [-0.2, 0) is 20.7 Å².